The minimum Gasteiger partial charge on any atom is -0.480 e. The minimum atomic E-state index is -0.834. The predicted molar refractivity (Wildman–Crippen MR) is 50.9 cm³/mol. The van der Waals surface area contributed by atoms with Crippen LogP contribution in [0, 0.1) is 0 Å². The third-order valence-electron chi connectivity index (χ3n) is 2.48. The maximum atomic E-state index is 11.0. The molecule has 1 saturated heterocycles. The lowest BCUT2D eigenvalue weighted by Gasteiger charge is -2.31. The topological polar surface area (TPSA) is 69.6 Å². The van der Waals surface area contributed by atoms with Gasteiger partial charge in [0.25, 0.3) is 0 Å². The van der Waals surface area contributed by atoms with Crippen molar-refractivity contribution in [1.29, 1.82) is 0 Å². The maximum Gasteiger partial charge on any atom is 0.317 e. The van der Waals surface area contributed by atoms with Crippen molar-refractivity contribution in [3.05, 3.63) is 0 Å². The average molecular weight is 200 g/mol. The summed E-state index contributed by atoms with van der Waals surface area (Å²) in [6, 6.07) is 0.238. The zero-order valence-corrected chi connectivity index (χ0v) is 8.32. The molecule has 0 aromatic rings. The molecule has 80 valence electrons. The third kappa shape index (κ3) is 3.33. The van der Waals surface area contributed by atoms with Gasteiger partial charge in [0.15, 0.2) is 0 Å². The van der Waals surface area contributed by atoms with E-state index in [1.165, 1.54) is 0 Å². The lowest BCUT2D eigenvalue weighted by atomic mass is 10.1. The zero-order chi connectivity index (χ0) is 10.6. The molecule has 0 saturated carbocycles. The number of carboxylic acids is 1. The van der Waals surface area contributed by atoms with E-state index in [1.807, 2.05) is 0 Å². The fourth-order valence-electron chi connectivity index (χ4n) is 1.63. The number of piperidine rings is 1. The number of amides is 1. The molecular weight excluding hydrogens is 184 g/mol. The monoisotopic (exact) mass is 200 g/mol. The summed E-state index contributed by atoms with van der Waals surface area (Å²) in [5.41, 5.74) is 0. The summed E-state index contributed by atoms with van der Waals surface area (Å²) in [5.74, 6) is -0.735. The highest BCUT2D eigenvalue weighted by Crippen LogP contribution is 2.09. The highest BCUT2D eigenvalue weighted by molar-refractivity contribution is 5.73. The molecule has 1 heterocycles. The number of hydrogen-bond donors (Lipinski definition) is 2. The average Bonchev–Trinajstić information content (AvgIpc) is 2.15. The number of hydrogen-bond acceptors (Lipinski definition) is 3. The van der Waals surface area contributed by atoms with E-state index in [-0.39, 0.29) is 18.5 Å². The van der Waals surface area contributed by atoms with E-state index in [2.05, 4.69) is 5.32 Å². The van der Waals surface area contributed by atoms with Gasteiger partial charge in [-0.25, -0.2) is 0 Å². The lowest BCUT2D eigenvalue weighted by Crippen LogP contribution is -2.45. The largest absolute Gasteiger partial charge is 0.480 e. The van der Waals surface area contributed by atoms with Gasteiger partial charge in [0, 0.05) is 26.1 Å². The van der Waals surface area contributed by atoms with Crippen LogP contribution in [0.5, 0.6) is 0 Å². The number of rotatable bonds is 3. The fraction of sp³-hybridized carbons (Fsp3) is 0.778. The van der Waals surface area contributed by atoms with Gasteiger partial charge >= 0.3 is 5.97 Å². The van der Waals surface area contributed by atoms with Crippen LogP contribution >= 0.6 is 0 Å². The molecule has 0 unspecified atom stereocenters. The number of carboxylic acid groups (broad SMARTS) is 1. The second kappa shape index (κ2) is 4.95. The first-order chi connectivity index (χ1) is 6.59. The van der Waals surface area contributed by atoms with E-state index >= 15 is 0 Å². The number of carbonyl (C=O) groups excluding carboxylic acids is 1. The standard InChI is InChI=1S/C9H16N2O3/c1-7(12)11-4-2-8(3-5-11)10-6-9(13)14/h8,10H,2-6H2,1H3,(H,13,14). The van der Waals surface area contributed by atoms with Crippen LogP contribution in [0.1, 0.15) is 19.8 Å². The zero-order valence-electron chi connectivity index (χ0n) is 8.32. The molecule has 0 aromatic heterocycles. The summed E-state index contributed by atoms with van der Waals surface area (Å²) < 4.78 is 0. The number of carbonyl (C=O) groups is 2. The van der Waals surface area contributed by atoms with Gasteiger partial charge in [0.2, 0.25) is 5.91 Å². The van der Waals surface area contributed by atoms with Gasteiger partial charge in [-0.05, 0) is 12.8 Å². The van der Waals surface area contributed by atoms with Crippen molar-refractivity contribution >= 4 is 11.9 Å². The maximum absolute atomic E-state index is 11.0. The number of aliphatic carboxylic acids is 1. The van der Waals surface area contributed by atoms with Crippen molar-refractivity contribution in [3.8, 4) is 0 Å². The summed E-state index contributed by atoms with van der Waals surface area (Å²) in [5, 5.41) is 11.4. The molecule has 0 radical (unpaired) electrons. The first-order valence-electron chi connectivity index (χ1n) is 4.80. The van der Waals surface area contributed by atoms with E-state index in [0.29, 0.717) is 0 Å². The molecule has 0 aliphatic carbocycles. The van der Waals surface area contributed by atoms with Crippen LogP contribution in [0.4, 0.5) is 0 Å². The summed E-state index contributed by atoms with van der Waals surface area (Å²) >= 11 is 0. The van der Waals surface area contributed by atoms with Crippen LogP contribution < -0.4 is 5.32 Å². The molecule has 1 fully saturated rings. The Bertz CT molecular complexity index is 222. The van der Waals surface area contributed by atoms with Gasteiger partial charge in [0.05, 0.1) is 6.54 Å². The van der Waals surface area contributed by atoms with E-state index in [4.69, 9.17) is 5.11 Å². The molecule has 5 nitrogen and oxygen atoms in total. The van der Waals surface area contributed by atoms with Crippen molar-refractivity contribution in [3.63, 3.8) is 0 Å². The second-order valence-corrected chi connectivity index (χ2v) is 3.55. The van der Waals surface area contributed by atoms with Crippen LogP contribution in [0.25, 0.3) is 0 Å². The Morgan fingerprint density at radius 3 is 2.43 bits per heavy atom. The molecule has 1 aliphatic heterocycles. The van der Waals surface area contributed by atoms with Crippen molar-refractivity contribution < 1.29 is 14.7 Å². The number of nitrogens with one attached hydrogen (secondary N) is 1. The summed E-state index contributed by atoms with van der Waals surface area (Å²) in [4.78, 5) is 23.1. The van der Waals surface area contributed by atoms with Crippen LogP contribution in [0.15, 0.2) is 0 Å². The Kier molecular flexibility index (Phi) is 3.88. The van der Waals surface area contributed by atoms with E-state index in [0.717, 1.165) is 25.9 Å². The Hall–Kier alpha value is -1.10. The van der Waals surface area contributed by atoms with Crippen LogP contribution in [0.3, 0.4) is 0 Å². The van der Waals surface area contributed by atoms with Crippen molar-refractivity contribution in [1.82, 2.24) is 10.2 Å². The van der Waals surface area contributed by atoms with Gasteiger partial charge in [-0.3, -0.25) is 9.59 Å². The van der Waals surface area contributed by atoms with Crippen LogP contribution in [-0.2, 0) is 9.59 Å². The molecule has 0 aromatic carbocycles. The lowest BCUT2D eigenvalue weighted by molar-refractivity contribution is -0.136. The molecule has 1 rings (SSSR count). The normalized spacial score (nSPS) is 18.2. The quantitative estimate of drug-likeness (QED) is 0.654. The highest BCUT2D eigenvalue weighted by Gasteiger charge is 2.20. The molecule has 0 atom stereocenters. The van der Waals surface area contributed by atoms with Gasteiger partial charge in [-0.15, -0.1) is 0 Å². The predicted octanol–water partition coefficient (Wildman–Crippen LogP) is -0.328. The van der Waals surface area contributed by atoms with Gasteiger partial charge in [-0.2, -0.15) is 0 Å². The fourth-order valence-corrected chi connectivity index (χ4v) is 1.63. The summed E-state index contributed by atoms with van der Waals surface area (Å²) in [7, 11) is 0. The molecular formula is C9H16N2O3. The number of likely N-dealkylation sites (tertiary alicyclic amines) is 1. The summed E-state index contributed by atoms with van der Waals surface area (Å²) in [6.07, 6.45) is 1.68. The van der Waals surface area contributed by atoms with Crippen molar-refractivity contribution in [2.75, 3.05) is 19.6 Å². The van der Waals surface area contributed by atoms with Gasteiger partial charge in [0.1, 0.15) is 0 Å². The van der Waals surface area contributed by atoms with Gasteiger partial charge in [-0.1, -0.05) is 0 Å². The first-order valence-corrected chi connectivity index (χ1v) is 4.80. The van der Waals surface area contributed by atoms with Gasteiger partial charge < -0.3 is 15.3 Å². The number of nitrogens with zero attached hydrogens (tertiary/aromatic N) is 1. The Labute approximate surface area is 83.1 Å². The molecule has 0 spiro atoms. The SMILES string of the molecule is CC(=O)N1CCC(NCC(=O)O)CC1. The smallest absolute Gasteiger partial charge is 0.317 e. The van der Waals surface area contributed by atoms with E-state index in [9.17, 15) is 9.59 Å². The Balaban J connectivity index is 2.22. The third-order valence-corrected chi connectivity index (χ3v) is 2.48. The van der Waals surface area contributed by atoms with E-state index in [1.54, 1.807) is 11.8 Å². The molecule has 2 N–H and O–H groups in total. The molecule has 5 heteroatoms. The van der Waals surface area contributed by atoms with Crippen LogP contribution in [0.2, 0.25) is 0 Å². The molecule has 0 bridgehead atoms. The van der Waals surface area contributed by atoms with E-state index < -0.39 is 5.97 Å². The van der Waals surface area contributed by atoms with Crippen molar-refractivity contribution in [2.24, 2.45) is 0 Å². The Morgan fingerprint density at radius 2 is 2.00 bits per heavy atom. The Morgan fingerprint density at radius 1 is 1.43 bits per heavy atom. The summed E-state index contributed by atoms with van der Waals surface area (Å²) in [6.45, 7) is 3.02. The molecule has 14 heavy (non-hydrogen) atoms. The second-order valence-electron chi connectivity index (χ2n) is 3.55. The molecule has 1 aliphatic rings. The van der Waals surface area contributed by atoms with Crippen LogP contribution in [-0.4, -0.2) is 47.6 Å². The first kappa shape index (κ1) is 11.0. The highest BCUT2D eigenvalue weighted by atomic mass is 16.4. The van der Waals surface area contributed by atoms with Crippen molar-refractivity contribution in [2.45, 2.75) is 25.8 Å². The molecule has 1 amide bonds. The minimum absolute atomic E-state index is 0.00470.